The smallest absolute Gasteiger partial charge is 0.297 e. The molecule has 1 amide bonds. The summed E-state index contributed by atoms with van der Waals surface area (Å²) >= 11 is 6.15. The fourth-order valence-corrected chi connectivity index (χ4v) is 3.70. The summed E-state index contributed by atoms with van der Waals surface area (Å²) in [6.45, 7) is 2.01. The van der Waals surface area contributed by atoms with Crippen LogP contribution in [0.3, 0.4) is 0 Å². The minimum atomic E-state index is -2.74. The van der Waals surface area contributed by atoms with Crippen molar-refractivity contribution in [2.45, 2.75) is 12.8 Å². The first kappa shape index (κ1) is 19.5. The standard InChI is InChI=1S/C21H19ClF2N4O/c22-16-7-3-1-5-14(16)13-18(29)27-9-11-28(12-10-27)21-15-6-2-4-8-17(15)25-20(26-21)19(23)24/h1-8,19H,9-13H2. The second-order valence-corrected chi connectivity index (χ2v) is 7.27. The van der Waals surface area contributed by atoms with E-state index in [-0.39, 0.29) is 12.3 Å². The van der Waals surface area contributed by atoms with Gasteiger partial charge in [-0.1, -0.05) is 41.9 Å². The van der Waals surface area contributed by atoms with Crippen LogP contribution in [0.1, 0.15) is 17.8 Å². The number of halogens is 3. The maximum atomic E-state index is 13.2. The fraction of sp³-hybridized carbons (Fsp3) is 0.286. The van der Waals surface area contributed by atoms with Gasteiger partial charge in [0.1, 0.15) is 5.82 Å². The first-order valence-corrected chi connectivity index (χ1v) is 9.71. The van der Waals surface area contributed by atoms with Gasteiger partial charge in [-0.2, -0.15) is 0 Å². The van der Waals surface area contributed by atoms with Crippen LogP contribution in [0.2, 0.25) is 5.02 Å². The van der Waals surface area contributed by atoms with Crippen LogP contribution in [-0.2, 0) is 11.2 Å². The highest BCUT2D eigenvalue weighted by atomic mass is 35.5. The van der Waals surface area contributed by atoms with Gasteiger partial charge in [0.05, 0.1) is 11.9 Å². The van der Waals surface area contributed by atoms with Crippen molar-refractivity contribution in [1.29, 1.82) is 0 Å². The van der Waals surface area contributed by atoms with E-state index >= 15 is 0 Å². The lowest BCUT2D eigenvalue weighted by atomic mass is 10.1. The Morgan fingerprint density at radius 2 is 1.69 bits per heavy atom. The predicted octanol–water partition coefficient (Wildman–Crippen LogP) is 4.11. The number of amides is 1. The van der Waals surface area contributed by atoms with Crippen molar-refractivity contribution in [2.24, 2.45) is 0 Å². The minimum Gasteiger partial charge on any atom is -0.352 e. The molecule has 3 aromatic rings. The third kappa shape index (κ3) is 4.15. The molecule has 150 valence electrons. The molecule has 0 spiro atoms. The molecule has 4 rings (SSSR count). The zero-order valence-electron chi connectivity index (χ0n) is 15.6. The number of hydrogen-bond donors (Lipinski definition) is 0. The Morgan fingerprint density at radius 3 is 2.41 bits per heavy atom. The molecule has 2 heterocycles. The Kier molecular flexibility index (Phi) is 5.58. The number of benzene rings is 2. The van der Waals surface area contributed by atoms with E-state index in [1.807, 2.05) is 35.2 Å². The topological polar surface area (TPSA) is 49.3 Å². The van der Waals surface area contributed by atoms with E-state index < -0.39 is 12.2 Å². The normalized spacial score (nSPS) is 14.6. The highest BCUT2D eigenvalue weighted by Crippen LogP contribution is 2.28. The van der Waals surface area contributed by atoms with Crippen LogP contribution in [0.15, 0.2) is 48.5 Å². The van der Waals surface area contributed by atoms with E-state index in [1.54, 1.807) is 23.1 Å². The summed E-state index contributed by atoms with van der Waals surface area (Å²) in [6, 6.07) is 14.4. The maximum Gasteiger partial charge on any atom is 0.297 e. The monoisotopic (exact) mass is 416 g/mol. The number of anilines is 1. The Hall–Kier alpha value is -2.80. The number of carbonyl (C=O) groups is 1. The Labute approximate surface area is 171 Å². The highest BCUT2D eigenvalue weighted by molar-refractivity contribution is 6.31. The van der Waals surface area contributed by atoms with Gasteiger partial charge in [0.25, 0.3) is 6.43 Å². The van der Waals surface area contributed by atoms with Crippen molar-refractivity contribution in [3.05, 3.63) is 64.9 Å². The number of carbonyl (C=O) groups excluding carboxylic acids is 1. The lowest BCUT2D eigenvalue weighted by Crippen LogP contribution is -2.49. The van der Waals surface area contributed by atoms with Crippen LogP contribution in [0.25, 0.3) is 10.9 Å². The summed E-state index contributed by atoms with van der Waals surface area (Å²) in [6.07, 6.45) is -2.50. The minimum absolute atomic E-state index is 0.00133. The van der Waals surface area contributed by atoms with Crippen LogP contribution in [0, 0.1) is 0 Å². The summed E-state index contributed by atoms with van der Waals surface area (Å²) in [5, 5.41) is 1.30. The molecule has 2 aromatic carbocycles. The molecule has 0 aliphatic carbocycles. The molecule has 1 aromatic heterocycles. The van der Waals surface area contributed by atoms with E-state index in [1.165, 1.54) is 0 Å². The summed E-state index contributed by atoms with van der Waals surface area (Å²) in [5.41, 5.74) is 1.29. The molecule has 1 saturated heterocycles. The van der Waals surface area contributed by atoms with Crippen molar-refractivity contribution < 1.29 is 13.6 Å². The van der Waals surface area contributed by atoms with Gasteiger partial charge < -0.3 is 9.80 Å². The number of nitrogens with zero attached hydrogens (tertiary/aromatic N) is 4. The van der Waals surface area contributed by atoms with Crippen LogP contribution < -0.4 is 4.90 Å². The van der Waals surface area contributed by atoms with Gasteiger partial charge in [0.15, 0.2) is 5.82 Å². The molecular weight excluding hydrogens is 398 g/mol. The molecule has 1 fully saturated rings. The van der Waals surface area contributed by atoms with Crippen molar-refractivity contribution >= 4 is 34.2 Å². The summed E-state index contributed by atoms with van der Waals surface area (Å²) in [5.74, 6) is 0.0126. The predicted molar refractivity (Wildman–Crippen MR) is 108 cm³/mol. The van der Waals surface area contributed by atoms with E-state index in [4.69, 9.17) is 11.6 Å². The van der Waals surface area contributed by atoms with Crippen LogP contribution in [0.4, 0.5) is 14.6 Å². The number of hydrogen-bond acceptors (Lipinski definition) is 4. The molecule has 0 bridgehead atoms. The summed E-state index contributed by atoms with van der Waals surface area (Å²) in [7, 11) is 0. The maximum absolute atomic E-state index is 13.2. The largest absolute Gasteiger partial charge is 0.352 e. The van der Waals surface area contributed by atoms with Crippen molar-refractivity contribution in [2.75, 3.05) is 31.1 Å². The molecule has 5 nitrogen and oxygen atoms in total. The van der Waals surface area contributed by atoms with Crippen molar-refractivity contribution in [1.82, 2.24) is 14.9 Å². The van der Waals surface area contributed by atoms with Gasteiger partial charge in [0, 0.05) is 36.6 Å². The van der Waals surface area contributed by atoms with Gasteiger partial charge in [0.2, 0.25) is 5.91 Å². The number of para-hydroxylation sites is 1. The molecular formula is C21H19ClF2N4O. The molecule has 29 heavy (non-hydrogen) atoms. The van der Waals surface area contributed by atoms with Gasteiger partial charge >= 0.3 is 0 Å². The van der Waals surface area contributed by atoms with Crippen molar-refractivity contribution in [3.63, 3.8) is 0 Å². The summed E-state index contributed by atoms with van der Waals surface area (Å²) < 4.78 is 26.5. The van der Waals surface area contributed by atoms with Crippen LogP contribution in [0.5, 0.6) is 0 Å². The Bertz CT molecular complexity index is 1040. The van der Waals surface area contributed by atoms with E-state index in [2.05, 4.69) is 9.97 Å². The molecule has 0 N–H and O–H groups in total. The average Bonchev–Trinajstić information content (AvgIpc) is 2.74. The second kappa shape index (κ2) is 8.29. The number of piperazine rings is 1. The Balaban J connectivity index is 1.50. The van der Waals surface area contributed by atoms with Crippen LogP contribution in [-0.4, -0.2) is 47.0 Å². The van der Waals surface area contributed by atoms with E-state index in [9.17, 15) is 13.6 Å². The van der Waals surface area contributed by atoms with Gasteiger partial charge in [-0.05, 0) is 23.8 Å². The second-order valence-electron chi connectivity index (χ2n) is 6.86. The summed E-state index contributed by atoms with van der Waals surface area (Å²) in [4.78, 5) is 24.4. The quantitative estimate of drug-likeness (QED) is 0.642. The fourth-order valence-electron chi connectivity index (χ4n) is 3.50. The van der Waals surface area contributed by atoms with E-state index in [0.29, 0.717) is 42.5 Å². The molecule has 1 aliphatic rings. The highest BCUT2D eigenvalue weighted by Gasteiger charge is 2.25. The lowest BCUT2D eigenvalue weighted by molar-refractivity contribution is -0.130. The molecule has 8 heteroatoms. The zero-order chi connectivity index (χ0) is 20.4. The average molecular weight is 417 g/mol. The first-order valence-electron chi connectivity index (χ1n) is 9.34. The molecule has 0 saturated carbocycles. The van der Waals surface area contributed by atoms with Crippen molar-refractivity contribution in [3.8, 4) is 0 Å². The van der Waals surface area contributed by atoms with Gasteiger partial charge in [-0.15, -0.1) is 0 Å². The zero-order valence-corrected chi connectivity index (χ0v) is 16.3. The number of fused-ring (bicyclic) bond motifs is 1. The van der Waals surface area contributed by atoms with Gasteiger partial charge in [-0.25, -0.2) is 18.7 Å². The molecule has 0 unspecified atom stereocenters. The number of rotatable bonds is 4. The van der Waals surface area contributed by atoms with E-state index in [0.717, 1.165) is 10.9 Å². The molecule has 0 radical (unpaired) electrons. The number of alkyl halides is 2. The number of aromatic nitrogens is 2. The first-order chi connectivity index (χ1) is 14.0. The SMILES string of the molecule is O=C(Cc1ccccc1Cl)N1CCN(c2nc(C(F)F)nc3ccccc23)CC1. The third-order valence-electron chi connectivity index (χ3n) is 5.03. The van der Waals surface area contributed by atoms with Gasteiger partial charge in [-0.3, -0.25) is 4.79 Å². The van der Waals surface area contributed by atoms with Crippen LogP contribution >= 0.6 is 11.6 Å². The lowest BCUT2D eigenvalue weighted by Gasteiger charge is -2.36. The molecule has 1 aliphatic heterocycles. The molecule has 0 atom stereocenters. The Morgan fingerprint density at radius 1 is 1.00 bits per heavy atom. The third-order valence-corrected chi connectivity index (χ3v) is 5.40.